The van der Waals surface area contributed by atoms with Crippen LogP contribution in [0.4, 0.5) is 5.69 Å². The predicted octanol–water partition coefficient (Wildman–Crippen LogP) is 0.832. The first kappa shape index (κ1) is 14.1. The molecule has 1 aromatic rings. The summed E-state index contributed by atoms with van der Waals surface area (Å²) >= 11 is 0. The first-order chi connectivity index (χ1) is 9.54. The number of likely N-dealkylation sites (N-methyl/N-ethyl adjacent to an activating group) is 1. The number of nitrogens with zero attached hydrogens (tertiary/aromatic N) is 2. The molecule has 0 spiro atoms. The Kier molecular flexibility index (Phi) is 4.09. The van der Waals surface area contributed by atoms with Gasteiger partial charge in [0.25, 0.3) is 5.69 Å². The highest BCUT2D eigenvalue weighted by molar-refractivity contribution is 6.05. The van der Waals surface area contributed by atoms with E-state index in [9.17, 15) is 19.7 Å². The normalized spacial score (nSPS) is 18.6. The Morgan fingerprint density at radius 1 is 1.40 bits per heavy atom. The molecule has 106 valence electrons. The van der Waals surface area contributed by atoms with Crippen molar-refractivity contribution in [2.75, 3.05) is 6.54 Å². The lowest BCUT2D eigenvalue weighted by Gasteiger charge is -2.13. The fraction of sp³-hybridized carbons (Fsp3) is 0.385. The van der Waals surface area contributed by atoms with Gasteiger partial charge in [-0.15, -0.1) is 0 Å². The van der Waals surface area contributed by atoms with Gasteiger partial charge in [0.1, 0.15) is 0 Å². The van der Waals surface area contributed by atoms with Gasteiger partial charge in [-0.3, -0.25) is 24.6 Å². The van der Waals surface area contributed by atoms with Crippen LogP contribution < -0.4 is 5.32 Å². The van der Waals surface area contributed by atoms with Gasteiger partial charge >= 0.3 is 0 Å². The number of carbonyl (C=O) groups excluding carboxylic acids is 2. The van der Waals surface area contributed by atoms with Gasteiger partial charge in [-0.2, -0.15) is 0 Å². The van der Waals surface area contributed by atoms with Crippen LogP contribution >= 0.6 is 0 Å². The molecule has 0 radical (unpaired) electrons. The summed E-state index contributed by atoms with van der Waals surface area (Å²) in [6.45, 7) is 2.26. The molecule has 0 aliphatic carbocycles. The molecule has 0 bridgehead atoms. The number of rotatable bonds is 5. The summed E-state index contributed by atoms with van der Waals surface area (Å²) in [5.74, 6) is -0.478. The molecule has 20 heavy (non-hydrogen) atoms. The molecular formula is C13H15N3O4. The summed E-state index contributed by atoms with van der Waals surface area (Å²) in [7, 11) is 0. The molecule has 1 heterocycles. The summed E-state index contributed by atoms with van der Waals surface area (Å²) < 4.78 is 0. The number of hydrogen-bond acceptors (Lipinski definition) is 5. The first-order valence-electron chi connectivity index (χ1n) is 6.34. The van der Waals surface area contributed by atoms with E-state index in [1.807, 2.05) is 0 Å². The monoisotopic (exact) mass is 277 g/mol. The van der Waals surface area contributed by atoms with Gasteiger partial charge in [-0.05, 0) is 6.92 Å². The minimum Gasteiger partial charge on any atom is -0.301 e. The zero-order chi connectivity index (χ0) is 14.7. The maximum Gasteiger partial charge on any atom is 0.273 e. The van der Waals surface area contributed by atoms with Gasteiger partial charge in [0.05, 0.1) is 17.4 Å². The number of likely N-dealkylation sites (tertiary alicyclic amines) is 1. The molecule has 1 unspecified atom stereocenters. The molecule has 1 saturated heterocycles. The van der Waals surface area contributed by atoms with E-state index >= 15 is 0 Å². The third-order valence-corrected chi connectivity index (χ3v) is 3.29. The van der Waals surface area contributed by atoms with Crippen LogP contribution in [0.3, 0.4) is 0 Å². The number of benzene rings is 1. The second-order valence-corrected chi connectivity index (χ2v) is 4.50. The van der Waals surface area contributed by atoms with E-state index in [1.165, 1.54) is 11.0 Å². The first-order valence-corrected chi connectivity index (χ1v) is 6.34. The van der Waals surface area contributed by atoms with Crippen molar-refractivity contribution < 1.29 is 14.5 Å². The van der Waals surface area contributed by atoms with Crippen molar-refractivity contribution in [2.45, 2.75) is 25.9 Å². The number of carbonyl (C=O) groups is 2. The average Bonchev–Trinajstić information content (AvgIpc) is 2.70. The van der Waals surface area contributed by atoms with Crippen LogP contribution in [0.25, 0.3) is 0 Å². The van der Waals surface area contributed by atoms with E-state index in [2.05, 4.69) is 5.32 Å². The molecule has 1 atom stereocenters. The minimum atomic E-state index is -0.595. The second kappa shape index (κ2) is 5.79. The summed E-state index contributed by atoms with van der Waals surface area (Å²) in [6.07, 6.45) is 0.104. The Balaban J connectivity index is 2.05. The lowest BCUT2D eigenvalue weighted by atomic mass is 10.1. The van der Waals surface area contributed by atoms with Gasteiger partial charge in [0.15, 0.2) is 0 Å². The van der Waals surface area contributed by atoms with Crippen LogP contribution in [0.15, 0.2) is 24.3 Å². The van der Waals surface area contributed by atoms with E-state index in [1.54, 1.807) is 25.1 Å². The highest BCUT2D eigenvalue weighted by Gasteiger charge is 2.37. The number of nitro groups is 1. The number of imide groups is 1. The summed E-state index contributed by atoms with van der Waals surface area (Å²) in [6, 6.07) is 5.73. The molecule has 0 aromatic heterocycles. The van der Waals surface area contributed by atoms with E-state index < -0.39 is 11.0 Å². The highest BCUT2D eigenvalue weighted by atomic mass is 16.6. The molecule has 1 aromatic carbocycles. The maximum absolute atomic E-state index is 11.9. The molecule has 0 saturated carbocycles. The van der Waals surface area contributed by atoms with Crippen molar-refractivity contribution in [3.05, 3.63) is 39.9 Å². The maximum atomic E-state index is 11.9. The fourth-order valence-corrected chi connectivity index (χ4v) is 2.25. The van der Waals surface area contributed by atoms with Crippen LogP contribution in [0.5, 0.6) is 0 Å². The van der Waals surface area contributed by atoms with Crippen molar-refractivity contribution in [1.29, 1.82) is 0 Å². The molecule has 7 nitrogen and oxygen atoms in total. The van der Waals surface area contributed by atoms with Crippen molar-refractivity contribution in [3.63, 3.8) is 0 Å². The zero-order valence-corrected chi connectivity index (χ0v) is 11.0. The second-order valence-electron chi connectivity index (χ2n) is 4.50. The van der Waals surface area contributed by atoms with E-state index in [-0.39, 0.29) is 30.5 Å². The molecular weight excluding hydrogens is 262 g/mol. The quantitative estimate of drug-likeness (QED) is 0.489. The molecule has 2 amide bonds. The van der Waals surface area contributed by atoms with Crippen molar-refractivity contribution in [1.82, 2.24) is 10.2 Å². The van der Waals surface area contributed by atoms with E-state index in [0.29, 0.717) is 12.1 Å². The lowest BCUT2D eigenvalue weighted by Crippen LogP contribution is -2.38. The van der Waals surface area contributed by atoms with Gasteiger partial charge < -0.3 is 5.32 Å². The highest BCUT2D eigenvalue weighted by Crippen LogP contribution is 2.19. The SMILES string of the molecule is CCN1C(=O)CC(NCc2ccccc2[N+](=O)[O-])C1=O. The number of nitro benzene ring substituents is 1. The summed E-state index contributed by atoms with van der Waals surface area (Å²) in [4.78, 5) is 35.1. The van der Waals surface area contributed by atoms with Crippen LogP contribution in [-0.2, 0) is 16.1 Å². The van der Waals surface area contributed by atoms with Gasteiger partial charge in [0, 0.05) is 24.7 Å². The van der Waals surface area contributed by atoms with Gasteiger partial charge in [-0.25, -0.2) is 0 Å². The lowest BCUT2D eigenvalue weighted by molar-refractivity contribution is -0.385. The standard InChI is InChI=1S/C13H15N3O4/c1-2-15-12(17)7-10(13(15)18)14-8-9-5-3-4-6-11(9)16(19)20/h3-6,10,14H,2,7-8H2,1H3. The van der Waals surface area contributed by atoms with Gasteiger partial charge in [-0.1, -0.05) is 18.2 Å². The Labute approximate surface area is 115 Å². The van der Waals surface area contributed by atoms with Crippen LogP contribution in [0, 0.1) is 10.1 Å². The average molecular weight is 277 g/mol. The van der Waals surface area contributed by atoms with Crippen LogP contribution in [0.1, 0.15) is 18.9 Å². The third-order valence-electron chi connectivity index (χ3n) is 3.29. The Morgan fingerprint density at radius 3 is 2.70 bits per heavy atom. The fourth-order valence-electron chi connectivity index (χ4n) is 2.25. The number of para-hydroxylation sites is 1. The summed E-state index contributed by atoms with van der Waals surface area (Å²) in [5.41, 5.74) is 0.497. The molecule has 1 N–H and O–H groups in total. The molecule has 1 aliphatic heterocycles. The molecule has 1 fully saturated rings. The predicted molar refractivity (Wildman–Crippen MR) is 70.7 cm³/mol. The molecule has 1 aliphatic rings. The third kappa shape index (κ3) is 2.67. The Morgan fingerprint density at radius 2 is 2.10 bits per heavy atom. The van der Waals surface area contributed by atoms with Crippen molar-refractivity contribution in [3.8, 4) is 0 Å². The van der Waals surface area contributed by atoms with Crippen molar-refractivity contribution >= 4 is 17.5 Å². The van der Waals surface area contributed by atoms with Crippen molar-refractivity contribution in [2.24, 2.45) is 0 Å². The van der Waals surface area contributed by atoms with Crippen LogP contribution in [0.2, 0.25) is 0 Å². The number of nitrogens with one attached hydrogen (secondary N) is 1. The Bertz CT molecular complexity index is 558. The zero-order valence-electron chi connectivity index (χ0n) is 11.0. The van der Waals surface area contributed by atoms with E-state index in [0.717, 1.165) is 0 Å². The molecule has 2 rings (SSSR count). The topological polar surface area (TPSA) is 92.6 Å². The van der Waals surface area contributed by atoms with Crippen LogP contribution in [-0.4, -0.2) is 34.2 Å². The Hall–Kier alpha value is -2.28. The number of amides is 2. The van der Waals surface area contributed by atoms with Gasteiger partial charge in [0.2, 0.25) is 11.8 Å². The van der Waals surface area contributed by atoms with E-state index in [4.69, 9.17) is 0 Å². The minimum absolute atomic E-state index is 0.00381. The molecule has 7 heteroatoms. The summed E-state index contributed by atoms with van der Waals surface area (Å²) in [5, 5.41) is 13.8. The largest absolute Gasteiger partial charge is 0.301 e. The smallest absolute Gasteiger partial charge is 0.273 e. The number of hydrogen-bond donors (Lipinski definition) is 1.